The first-order chi connectivity index (χ1) is 16.0. The van der Waals surface area contributed by atoms with E-state index < -0.39 is 4.92 Å². The summed E-state index contributed by atoms with van der Waals surface area (Å²) in [5, 5.41) is 15.0. The van der Waals surface area contributed by atoms with Gasteiger partial charge < -0.3 is 9.42 Å². The van der Waals surface area contributed by atoms with Crippen molar-refractivity contribution in [1.82, 2.24) is 15.0 Å². The van der Waals surface area contributed by atoms with Crippen LogP contribution in [-0.2, 0) is 6.42 Å². The number of non-ortho nitro benzene ring substituents is 1. The minimum atomic E-state index is -0.470. The molecule has 4 aromatic rings. The van der Waals surface area contributed by atoms with Gasteiger partial charge in [0.05, 0.1) is 11.0 Å². The maximum atomic E-state index is 13.3. The zero-order valence-corrected chi connectivity index (χ0v) is 18.0. The van der Waals surface area contributed by atoms with Gasteiger partial charge in [-0.15, -0.1) is 0 Å². The van der Waals surface area contributed by atoms with Crippen LogP contribution < -0.4 is 0 Å². The van der Waals surface area contributed by atoms with E-state index in [0.29, 0.717) is 30.0 Å². The van der Waals surface area contributed by atoms with Crippen LogP contribution in [0.2, 0.25) is 0 Å². The van der Waals surface area contributed by atoms with Crippen molar-refractivity contribution in [2.45, 2.75) is 19.4 Å². The Labute approximate surface area is 190 Å². The van der Waals surface area contributed by atoms with Gasteiger partial charge in [-0.1, -0.05) is 65.8 Å². The molecule has 0 saturated heterocycles. The van der Waals surface area contributed by atoms with Crippen LogP contribution in [0.3, 0.4) is 0 Å². The lowest BCUT2D eigenvalue weighted by atomic mass is 10.1. The third kappa shape index (κ3) is 5.12. The van der Waals surface area contributed by atoms with Gasteiger partial charge in [-0.3, -0.25) is 14.9 Å². The van der Waals surface area contributed by atoms with Crippen LogP contribution in [0.5, 0.6) is 0 Å². The topological polar surface area (TPSA) is 102 Å². The molecule has 1 atom stereocenters. The number of amides is 1. The van der Waals surface area contributed by atoms with Crippen molar-refractivity contribution in [2.24, 2.45) is 0 Å². The van der Waals surface area contributed by atoms with E-state index in [1.165, 1.54) is 12.1 Å². The Kier molecular flexibility index (Phi) is 6.54. The van der Waals surface area contributed by atoms with Crippen molar-refractivity contribution in [2.75, 3.05) is 6.54 Å². The third-order valence-corrected chi connectivity index (χ3v) is 5.38. The summed E-state index contributed by atoms with van der Waals surface area (Å²) >= 11 is 0. The number of rotatable bonds is 8. The third-order valence-electron chi connectivity index (χ3n) is 5.38. The smallest absolute Gasteiger partial charge is 0.270 e. The lowest BCUT2D eigenvalue weighted by Crippen LogP contribution is -2.35. The summed E-state index contributed by atoms with van der Waals surface area (Å²) < 4.78 is 5.37. The summed E-state index contributed by atoms with van der Waals surface area (Å²) in [6, 6.07) is 24.8. The average Bonchev–Trinajstić information content (AvgIpc) is 3.34. The number of aromatic nitrogens is 2. The predicted molar refractivity (Wildman–Crippen MR) is 122 cm³/mol. The lowest BCUT2D eigenvalue weighted by molar-refractivity contribution is -0.384. The van der Waals surface area contributed by atoms with Crippen LogP contribution in [0.15, 0.2) is 89.5 Å². The Morgan fingerprint density at radius 2 is 1.73 bits per heavy atom. The van der Waals surface area contributed by atoms with Gasteiger partial charge in [0.15, 0.2) is 0 Å². The van der Waals surface area contributed by atoms with Crippen LogP contribution in [0.25, 0.3) is 11.4 Å². The van der Waals surface area contributed by atoms with Gasteiger partial charge in [0.2, 0.25) is 11.7 Å². The molecule has 0 saturated carbocycles. The van der Waals surface area contributed by atoms with Gasteiger partial charge in [-0.2, -0.15) is 4.98 Å². The van der Waals surface area contributed by atoms with Crippen LogP contribution in [0.4, 0.5) is 5.69 Å². The molecule has 0 bridgehead atoms. The Balaban J connectivity index is 1.54. The van der Waals surface area contributed by atoms with Gasteiger partial charge in [-0.25, -0.2) is 0 Å². The minimum absolute atomic E-state index is 0.0461. The molecule has 1 unspecified atom stereocenters. The molecule has 0 radical (unpaired) electrons. The van der Waals surface area contributed by atoms with E-state index in [1.807, 2.05) is 55.5 Å². The zero-order valence-electron chi connectivity index (χ0n) is 18.0. The summed E-state index contributed by atoms with van der Waals surface area (Å²) in [4.78, 5) is 30.0. The number of nitrogens with zero attached hydrogens (tertiary/aromatic N) is 4. The van der Waals surface area contributed by atoms with Crippen molar-refractivity contribution in [3.63, 3.8) is 0 Å². The van der Waals surface area contributed by atoms with Crippen LogP contribution in [-0.4, -0.2) is 32.4 Å². The summed E-state index contributed by atoms with van der Waals surface area (Å²) in [5.41, 5.74) is 2.07. The zero-order chi connectivity index (χ0) is 23.2. The fourth-order valence-corrected chi connectivity index (χ4v) is 3.58. The normalized spacial score (nSPS) is 11.7. The largest absolute Gasteiger partial charge is 0.339 e. The maximum Gasteiger partial charge on any atom is 0.270 e. The molecular weight excluding hydrogens is 420 g/mol. The molecule has 0 spiro atoms. The minimum Gasteiger partial charge on any atom is -0.339 e. The molecule has 166 valence electrons. The van der Waals surface area contributed by atoms with Crippen LogP contribution in [0.1, 0.15) is 34.8 Å². The second kappa shape index (κ2) is 9.86. The number of carbonyl (C=O) groups excluding carboxylic acids is 1. The van der Waals surface area contributed by atoms with E-state index in [9.17, 15) is 14.9 Å². The highest BCUT2D eigenvalue weighted by molar-refractivity contribution is 5.94. The van der Waals surface area contributed by atoms with Crippen molar-refractivity contribution in [3.8, 4) is 11.4 Å². The molecule has 8 heteroatoms. The molecule has 1 heterocycles. The highest BCUT2D eigenvalue weighted by Gasteiger charge is 2.23. The fraction of sp³-hybridized carbons (Fsp3) is 0.160. The number of nitro groups is 1. The number of carbonyl (C=O) groups is 1. The van der Waals surface area contributed by atoms with Crippen molar-refractivity contribution >= 4 is 11.6 Å². The molecule has 33 heavy (non-hydrogen) atoms. The first kappa shape index (κ1) is 21.9. The molecule has 3 aromatic carbocycles. The molecule has 0 fully saturated rings. The van der Waals surface area contributed by atoms with Gasteiger partial charge >= 0.3 is 0 Å². The average molecular weight is 442 g/mol. The summed E-state index contributed by atoms with van der Waals surface area (Å²) in [6.45, 7) is 2.35. The molecule has 0 aliphatic rings. The Morgan fingerprint density at radius 3 is 2.42 bits per heavy atom. The van der Waals surface area contributed by atoms with Crippen LogP contribution >= 0.6 is 0 Å². The second-order valence-corrected chi connectivity index (χ2v) is 7.52. The molecule has 1 aromatic heterocycles. The Bertz CT molecular complexity index is 1240. The first-order valence-corrected chi connectivity index (χ1v) is 10.5. The van der Waals surface area contributed by atoms with E-state index in [1.54, 1.807) is 29.2 Å². The Morgan fingerprint density at radius 1 is 1.03 bits per heavy atom. The van der Waals surface area contributed by atoms with Gasteiger partial charge in [-0.05, 0) is 24.6 Å². The molecular formula is C25H22N4O4. The van der Waals surface area contributed by atoms with E-state index >= 15 is 0 Å². The first-order valence-electron chi connectivity index (χ1n) is 10.5. The van der Waals surface area contributed by atoms with E-state index in [0.717, 1.165) is 5.56 Å². The molecule has 0 N–H and O–H groups in total. The van der Waals surface area contributed by atoms with Crippen molar-refractivity contribution < 1.29 is 14.2 Å². The number of hydrogen-bond acceptors (Lipinski definition) is 6. The quantitative estimate of drug-likeness (QED) is 0.278. The van der Waals surface area contributed by atoms with Crippen LogP contribution in [0, 0.1) is 10.1 Å². The summed E-state index contributed by atoms with van der Waals surface area (Å²) in [6.07, 6.45) is 0.345. The van der Waals surface area contributed by atoms with Crippen molar-refractivity contribution in [3.05, 3.63) is 112 Å². The SMILES string of the molecule is CC(c1ccccc1)N(CCc1nc(-c2cccc([N+](=O)[O-])c2)no1)C(=O)c1ccccc1. The number of benzene rings is 3. The van der Waals surface area contributed by atoms with E-state index in [4.69, 9.17) is 4.52 Å². The standard InChI is InChI=1S/C25H22N4O4/c1-18(19-9-4-2-5-10-19)28(25(30)20-11-6-3-7-12-20)16-15-23-26-24(27-33-23)21-13-8-14-22(17-21)29(31)32/h2-14,17-18H,15-16H2,1H3. The number of hydrogen-bond donors (Lipinski definition) is 0. The van der Waals surface area contributed by atoms with E-state index in [2.05, 4.69) is 10.1 Å². The molecule has 0 aliphatic heterocycles. The maximum absolute atomic E-state index is 13.3. The van der Waals surface area contributed by atoms with Gasteiger partial charge in [0.1, 0.15) is 0 Å². The lowest BCUT2D eigenvalue weighted by Gasteiger charge is -2.29. The van der Waals surface area contributed by atoms with Crippen molar-refractivity contribution in [1.29, 1.82) is 0 Å². The molecule has 8 nitrogen and oxygen atoms in total. The predicted octanol–water partition coefficient (Wildman–Crippen LogP) is 5.09. The highest BCUT2D eigenvalue weighted by atomic mass is 16.6. The molecule has 4 rings (SSSR count). The second-order valence-electron chi connectivity index (χ2n) is 7.52. The Hall–Kier alpha value is -4.33. The summed E-state index contributed by atoms with van der Waals surface area (Å²) in [7, 11) is 0. The molecule has 1 amide bonds. The highest BCUT2D eigenvalue weighted by Crippen LogP contribution is 2.24. The monoisotopic (exact) mass is 442 g/mol. The summed E-state index contributed by atoms with van der Waals surface area (Å²) in [5.74, 6) is 0.527. The van der Waals surface area contributed by atoms with Gasteiger partial charge in [0, 0.05) is 36.2 Å². The van der Waals surface area contributed by atoms with E-state index in [-0.39, 0.29) is 23.5 Å². The number of nitro benzene ring substituents is 1. The fourth-order valence-electron chi connectivity index (χ4n) is 3.58. The molecule has 0 aliphatic carbocycles. The van der Waals surface area contributed by atoms with Gasteiger partial charge in [0.25, 0.3) is 11.6 Å².